The van der Waals surface area contributed by atoms with E-state index in [9.17, 15) is 9.59 Å². The van der Waals surface area contributed by atoms with E-state index < -0.39 is 0 Å². The number of hydrogen-bond acceptors (Lipinski definition) is 7. The van der Waals surface area contributed by atoms with Crippen LogP contribution in [0.1, 0.15) is 12.7 Å². The highest BCUT2D eigenvalue weighted by Gasteiger charge is 2.17. The van der Waals surface area contributed by atoms with Crippen LogP contribution in [0.15, 0.2) is 52.2 Å². The number of furan rings is 1. The maximum Gasteiger partial charge on any atom is 0.248 e. The van der Waals surface area contributed by atoms with Gasteiger partial charge in [0.05, 0.1) is 25.7 Å². The normalized spacial score (nSPS) is 10.5. The number of carbonyl (C=O) groups excluding carboxylic acids is 2. The van der Waals surface area contributed by atoms with Crippen LogP contribution in [0.2, 0.25) is 0 Å². The molecule has 28 heavy (non-hydrogen) atoms. The predicted molar refractivity (Wildman–Crippen MR) is 103 cm³/mol. The highest BCUT2D eigenvalue weighted by Crippen LogP contribution is 2.27. The maximum atomic E-state index is 11.9. The standard InChI is InChI=1S/C18H19N5O4S/c1-12(24)19-20-16(25)11-28-18-22-21-17(13-5-3-6-14(9-13)26-2)23(18)10-15-7-4-8-27-15/h3-9H,10-11H2,1-2H3,(H,19,24)(H,20,25). The van der Waals surface area contributed by atoms with E-state index in [1.807, 2.05) is 34.9 Å². The lowest BCUT2D eigenvalue weighted by atomic mass is 10.2. The molecule has 2 heterocycles. The van der Waals surface area contributed by atoms with Crippen molar-refractivity contribution in [1.29, 1.82) is 0 Å². The van der Waals surface area contributed by atoms with Crippen LogP contribution >= 0.6 is 11.8 Å². The van der Waals surface area contributed by atoms with Crippen molar-refractivity contribution in [2.45, 2.75) is 18.6 Å². The molecule has 2 amide bonds. The zero-order chi connectivity index (χ0) is 19.9. The van der Waals surface area contributed by atoms with Gasteiger partial charge in [-0.3, -0.25) is 25.0 Å². The molecular weight excluding hydrogens is 382 g/mol. The van der Waals surface area contributed by atoms with E-state index in [0.29, 0.717) is 23.3 Å². The van der Waals surface area contributed by atoms with Gasteiger partial charge in [0.1, 0.15) is 11.5 Å². The molecule has 0 aliphatic rings. The summed E-state index contributed by atoms with van der Waals surface area (Å²) in [4.78, 5) is 22.8. The third-order valence-corrected chi connectivity index (χ3v) is 4.62. The fourth-order valence-corrected chi connectivity index (χ4v) is 3.13. The Kier molecular flexibility index (Phi) is 6.33. The summed E-state index contributed by atoms with van der Waals surface area (Å²) in [5.74, 6) is 1.42. The number of carbonyl (C=O) groups is 2. The molecule has 0 radical (unpaired) electrons. The van der Waals surface area contributed by atoms with Gasteiger partial charge in [0.25, 0.3) is 0 Å². The molecule has 0 spiro atoms. The molecule has 0 unspecified atom stereocenters. The van der Waals surface area contributed by atoms with E-state index in [0.717, 1.165) is 11.3 Å². The van der Waals surface area contributed by atoms with Crippen molar-refractivity contribution in [2.75, 3.05) is 12.9 Å². The fraction of sp³-hybridized carbons (Fsp3) is 0.222. The molecule has 0 atom stereocenters. The van der Waals surface area contributed by atoms with Crippen molar-refractivity contribution in [2.24, 2.45) is 0 Å². The Balaban J connectivity index is 1.84. The average molecular weight is 401 g/mol. The lowest BCUT2D eigenvalue weighted by Gasteiger charge is -2.10. The number of hydrogen-bond donors (Lipinski definition) is 2. The monoisotopic (exact) mass is 401 g/mol. The molecule has 0 saturated heterocycles. The van der Waals surface area contributed by atoms with Crippen LogP contribution in [0, 0.1) is 0 Å². The van der Waals surface area contributed by atoms with Crippen LogP contribution in [0.3, 0.4) is 0 Å². The van der Waals surface area contributed by atoms with E-state index in [1.54, 1.807) is 19.4 Å². The van der Waals surface area contributed by atoms with Crippen LogP contribution in [0.5, 0.6) is 5.75 Å². The fourth-order valence-electron chi connectivity index (χ4n) is 2.40. The number of aromatic nitrogens is 3. The van der Waals surface area contributed by atoms with Crippen LogP contribution < -0.4 is 15.6 Å². The molecule has 0 bridgehead atoms. The Morgan fingerprint density at radius 3 is 2.79 bits per heavy atom. The summed E-state index contributed by atoms with van der Waals surface area (Å²) < 4.78 is 12.6. The Morgan fingerprint density at radius 2 is 2.07 bits per heavy atom. The van der Waals surface area contributed by atoms with Crippen molar-refractivity contribution < 1.29 is 18.7 Å². The number of ether oxygens (including phenoxy) is 1. The number of methoxy groups -OCH3 is 1. The van der Waals surface area contributed by atoms with E-state index in [1.165, 1.54) is 18.7 Å². The molecule has 0 aliphatic carbocycles. The predicted octanol–water partition coefficient (Wildman–Crippen LogP) is 1.85. The summed E-state index contributed by atoms with van der Waals surface area (Å²) in [6.45, 7) is 1.72. The van der Waals surface area contributed by atoms with E-state index in [2.05, 4.69) is 21.0 Å². The molecule has 146 valence electrons. The Bertz CT molecular complexity index is 955. The second-order valence-corrected chi connectivity index (χ2v) is 6.66. The molecule has 3 rings (SSSR count). The van der Waals surface area contributed by atoms with E-state index in [4.69, 9.17) is 9.15 Å². The first kappa shape index (κ1) is 19.5. The number of nitrogens with one attached hydrogen (secondary N) is 2. The second kappa shape index (κ2) is 9.09. The molecule has 0 aliphatic heterocycles. The summed E-state index contributed by atoms with van der Waals surface area (Å²) in [7, 11) is 1.60. The minimum Gasteiger partial charge on any atom is -0.497 e. The van der Waals surface area contributed by atoms with Gasteiger partial charge in [-0.15, -0.1) is 10.2 Å². The highest BCUT2D eigenvalue weighted by molar-refractivity contribution is 7.99. The quantitative estimate of drug-likeness (QED) is 0.459. The molecule has 2 aromatic heterocycles. The molecule has 0 fully saturated rings. The number of amides is 2. The lowest BCUT2D eigenvalue weighted by molar-refractivity contribution is -0.126. The zero-order valence-corrected chi connectivity index (χ0v) is 16.2. The van der Waals surface area contributed by atoms with Crippen molar-refractivity contribution in [3.05, 3.63) is 48.4 Å². The third kappa shape index (κ3) is 4.92. The Labute approximate surface area is 165 Å². The van der Waals surface area contributed by atoms with E-state index >= 15 is 0 Å². The van der Waals surface area contributed by atoms with E-state index in [-0.39, 0.29) is 17.6 Å². The minimum atomic E-state index is -0.351. The lowest BCUT2D eigenvalue weighted by Crippen LogP contribution is -2.41. The van der Waals surface area contributed by atoms with Gasteiger partial charge in [-0.25, -0.2) is 0 Å². The molecule has 3 aromatic rings. The summed E-state index contributed by atoms with van der Waals surface area (Å²) in [6, 6.07) is 11.1. The number of nitrogens with zero attached hydrogens (tertiary/aromatic N) is 3. The van der Waals surface area contributed by atoms with Gasteiger partial charge in [-0.05, 0) is 24.3 Å². The van der Waals surface area contributed by atoms with Gasteiger partial charge < -0.3 is 9.15 Å². The smallest absolute Gasteiger partial charge is 0.248 e. The summed E-state index contributed by atoms with van der Waals surface area (Å²) in [5, 5.41) is 9.06. The van der Waals surface area contributed by atoms with Crippen LogP contribution in [-0.2, 0) is 16.1 Å². The topological polar surface area (TPSA) is 111 Å². The number of benzene rings is 1. The number of thioether (sulfide) groups is 1. The van der Waals surface area contributed by atoms with Crippen molar-refractivity contribution >= 4 is 23.6 Å². The van der Waals surface area contributed by atoms with Crippen molar-refractivity contribution in [3.63, 3.8) is 0 Å². The van der Waals surface area contributed by atoms with Gasteiger partial charge in [0.15, 0.2) is 11.0 Å². The minimum absolute atomic E-state index is 0.0642. The van der Waals surface area contributed by atoms with Gasteiger partial charge in [-0.2, -0.15) is 0 Å². The van der Waals surface area contributed by atoms with Gasteiger partial charge in [-0.1, -0.05) is 23.9 Å². The van der Waals surface area contributed by atoms with Crippen molar-refractivity contribution in [1.82, 2.24) is 25.6 Å². The number of rotatable bonds is 7. The Morgan fingerprint density at radius 1 is 1.21 bits per heavy atom. The highest BCUT2D eigenvalue weighted by atomic mass is 32.2. The van der Waals surface area contributed by atoms with Gasteiger partial charge in [0, 0.05) is 12.5 Å². The molecule has 1 aromatic carbocycles. The first-order valence-electron chi connectivity index (χ1n) is 8.35. The molecule has 2 N–H and O–H groups in total. The largest absolute Gasteiger partial charge is 0.497 e. The van der Waals surface area contributed by atoms with Gasteiger partial charge >= 0.3 is 0 Å². The third-order valence-electron chi connectivity index (χ3n) is 3.65. The summed E-state index contributed by atoms with van der Waals surface area (Å²) in [5.41, 5.74) is 5.40. The Hall–Kier alpha value is -3.27. The SMILES string of the molecule is COc1cccc(-c2nnc(SCC(=O)NNC(C)=O)n2Cc2ccco2)c1. The van der Waals surface area contributed by atoms with Crippen LogP contribution in [0.4, 0.5) is 0 Å². The average Bonchev–Trinajstić information content (AvgIpc) is 3.35. The first-order chi connectivity index (χ1) is 13.6. The molecule has 0 saturated carbocycles. The zero-order valence-electron chi connectivity index (χ0n) is 15.3. The summed E-state index contributed by atoms with van der Waals surface area (Å²) in [6.07, 6.45) is 1.60. The molecule has 9 nitrogen and oxygen atoms in total. The van der Waals surface area contributed by atoms with Crippen LogP contribution in [0.25, 0.3) is 11.4 Å². The van der Waals surface area contributed by atoms with Crippen LogP contribution in [-0.4, -0.2) is 39.4 Å². The second-order valence-electron chi connectivity index (χ2n) is 5.72. The summed E-state index contributed by atoms with van der Waals surface area (Å²) >= 11 is 1.21. The maximum absolute atomic E-state index is 11.9. The van der Waals surface area contributed by atoms with Crippen molar-refractivity contribution in [3.8, 4) is 17.1 Å². The number of hydrazine groups is 1. The molecular formula is C18H19N5O4S. The van der Waals surface area contributed by atoms with Gasteiger partial charge in [0.2, 0.25) is 11.8 Å². The molecule has 10 heteroatoms. The first-order valence-corrected chi connectivity index (χ1v) is 9.33.